The van der Waals surface area contributed by atoms with Crippen LogP contribution in [0.2, 0.25) is 5.02 Å². The summed E-state index contributed by atoms with van der Waals surface area (Å²) < 4.78 is 1.58. The topological polar surface area (TPSA) is 80.0 Å². The minimum Gasteiger partial charge on any atom is -0.384 e. The Morgan fingerprint density at radius 1 is 1.48 bits per heavy atom. The maximum absolute atomic E-state index is 11.9. The fourth-order valence-corrected chi connectivity index (χ4v) is 1.82. The minimum atomic E-state index is -0.258. The number of aromatic nitrogens is 3. The first-order chi connectivity index (χ1) is 10.2. The summed E-state index contributed by atoms with van der Waals surface area (Å²) in [6.07, 6.45) is 3.51. The van der Waals surface area contributed by atoms with Gasteiger partial charge in [0.2, 0.25) is 5.91 Å². The Balaban J connectivity index is 2.02. The highest BCUT2D eigenvalue weighted by Crippen LogP contribution is 2.20. The minimum absolute atomic E-state index is 0.167. The molecule has 0 bridgehead atoms. The van der Waals surface area contributed by atoms with Gasteiger partial charge in [0.1, 0.15) is 6.61 Å². The summed E-state index contributed by atoms with van der Waals surface area (Å²) in [6, 6.07) is 4.98. The fourth-order valence-electron chi connectivity index (χ4n) is 1.64. The fraction of sp³-hybridized carbons (Fsp3) is 0.214. The largest absolute Gasteiger partial charge is 0.384 e. The van der Waals surface area contributed by atoms with Crippen LogP contribution in [0.3, 0.4) is 0 Å². The van der Waals surface area contributed by atoms with Crippen molar-refractivity contribution in [2.45, 2.75) is 13.0 Å². The maximum atomic E-state index is 11.9. The van der Waals surface area contributed by atoms with Crippen LogP contribution in [0, 0.1) is 11.8 Å². The number of benzene rings is 1. The van der Waals surface area contributed by atoms with Gasteiger partial charge in [-0.3, -0.25) is 9.48 Å². The predicted molar refractivity (Wildman–Crippen MR) is 78.7 cm³/mol. The summed E-state index contributed by atoms with van der Waals surface area (Å²) in [7, 11) is 0. The van der Waals surface area contributed by atoms with Crippen LogP contribution in [0.5, 0.6) is 0 Å². The normalized spacial score (nSPS) is 9.81. The molecule has 6 nitrogen and oxygen atoms in total. The van der Waals surface area contributed by atoms with Gasteiger partial charge in [0.15, 0.2) is 0 Å². The highest BCUT2D eigenvalue weighted by molar-refractivity contribution is 6.30. The van der Waals surface area contributed by atoms with Crippen molar-refractivity contribution in [2.75, 3.05) is 11.9 Å². The first kappa shape index (κ1) is 15.0. The molecule has 1 aromatic heterocycles. The third-order valence-electron chi connectivity index (χ3n) is 2.60. The SMILES string of the molecule is O=C(CCn1ccnn1)Nc1ccc(Cl)cc1C#CCO. The lowest BCUT2D eigenvalue weighted by Gasteiger charge is -2.08. The summed E-state index contributed by atoms with van der Waals surface area (Å²) in [5.74, 6) is 5.12. The van der Waals surface area contributed by atoms with Crippen molar-refractivity contribution in [1.29, 1.82) is 0 Å². The molecule has 0 saturated carbocycles. The zero-order valence-corrected chi connectivity index (χ0v) is 11.8. The van der Waals surface area contributed by atoms with E-state index in [9.17, 15) is 4.79 Å². The molecule has 2 N–H and O–H groups in total. The van der Waals surface area contributed by atoms with Crippen molar-refractivity contribution >= 4 is 23.2 Å². The average Bonchev–Trinajstić information content (AvgIpc) is 2.98. The van der Waals surface area contributed by atoms with Gasteiger partial charge in [-0.15, -0.1) is 5.10 Å². The van der Waals surface area contributed by atoms with Gasteiger partial charge in [-0.05, 0) is 18.2 Å². The molecule has 1 heterocycles. The summed E-state index contributed by atoms with van der Waals surface area (Å²) in [4.78, 5) is 11.9. The van der Waals surface area contributed by atoms with Gasteiger partial charge in [-0.25, -0.2) is 0 Å². The number of hydrogen-bond donors (Lipinski definition) is 2. The Labute approximate surface area is 126 Å². The van der Waals surface area contributed by atoms with Crippen molar-refractivity contribution in [1.82, 2.24) is 15.0 Å². The Hall–Kier alpha value is -2.36. The molecule has 1 amide bonds. The van der Waals surface area contributed by atoms with E-state index in [1.807, 2.05) is 0 Å². The van der Waals surface area contributed by atoms with E-state index in [4.69, 9.17) is 16.7 Å². The molecular formula is C14H13ClN4O2. The van der Waals surface area contributed by atoms with E-state index in [1.165, 1.54) is 0 Å². The standard InChI is InChI=1S/C14H13ClN4O2/c15-12-3-4-13(11(10-12)2-1-9-20)17-14(21)5-7-19-8-6-16-18-19/h3-4,6,8,10,20H,5,7,9H2,(H,17,21). The number of halogens is 1. The van der Waals surface area contributed by atoms with E-state index in [0.29, 0.717) is 22.8 Å². The molecule has 0 aliphatic carbocycles. The van der Waals surface area contributed by atoms with Crippen LogP contribution in [0.15, 0.2) is 30.6 Å². The van der Waals surface area contributed by atoms with Crippen molar-refractivity contribution in [3.63, 3.8) is 0 Å². The molecule has 0 aliphatic heterocycles. The van der Waals surface area contributed by atoms with Crippen LogP contribution >= 0.6 is 11.6 Å². The summed E-state index contributed by atoms with van der Waals surface area (Å²) >= 11 is 5.90. The maximum Gasteiger partial charge on any atom is 0.226 e. The number of carbonyl (C=O) groups excluding carboxylic acids is 1. The van der Waals surface area contributed by atoms with Crippen molar-refractivity contribution < 1.29 is 9.90 Å². The number of nitrogens with zero attached hydrogens (tertiary/aromatic N) is 3. The molecule has 21 heavy (non-hydrogen) atoms. The lowest BCUT2D eigenvalue weighted by molar-refractivity contribution is -0.116. The number of carbonyl (C=O) groups is 1. The van der Waals surface area contributed by atoms with Gasteiger partial charge in [0.05, 0.1) is 18.4 Å². The predicted octanol–water partition coefficient (Wildman–Crippen LogP) is 1.30. The quantitative estimate of drug-likeness (QED) is 0.835. The summed E-state index contributed by atoms with van der Waals surface area (Å²) in [6.45, 7) is 0.184. The molecule has 0 aliphatic rings. The number of aliphatic hydroxyl groups excluding tert-OH is 1. The van der Waals surface area contributed by atoms with E-state index >= 15 is 0 Å². The Kier molecular flexibility index (Phi) is 5.32. The first-order valence-electron chi connectivity index (χ1n) is 6.22. The molecule has 1 aromatic carbocycles. The Morgan fingerprint density at radius 3 is 3.05 bits per heavy atom. The number of rotatable bonds is 4. The second-order valence-corrected chi connectivity index (χ2v) is 4.55. The molecule has 0 unspecified atom stereocenters. The summed E-state index contributed by atoms with van der Waals surface area (Å²) in [5, 5.41) is 19.5. The average molecular weight is 305 g/mol. The summed E-state index contributed by atoms with van der Waals surface area (Å²) in [5.41, 5.74) is 1.12. The lowest BCUT2D eigenvalue weighted by Crippen LogP contribution is -2.15. The molecule has 0 radical (unpaired) electrons. The second kappa shape index (κ2) is 7.43. The van der Waals surface area contributed by atoms with Crippen LogP contribution < -0.4 is 5.32 Å². The van der Waals surface area contributed by atoms with Gasteiger partial charge in [0.25, 0.3) is 0 Å². The number of nitrogens with one attached hydrogen (secondary N) is 1. The molecule has 0 fully saturated rings. The van der Waals surface area contributed by atoms with Crippen molar-refractivity contribution in [3.05, 3.63) is 41.2 Å². The van der Waals surface area contributed by atoms with E-state index in [2.05, 4.69) is 27.5 Å². The smallest absolute Gasteiger partial charge is 0.226 e. The highest BCUT2D eigenvalue weighted by atomic mass is 35.5. The molecule has 108 valence electrons. The zero-order valence-electron chi connectivity index (χ0n) is 11.1. The van der Waals surface area contributed by atoms with E-state index in [1.54, 1.807) is 35.3 Å². The third-order valence-corrected chi connectivity index (χ3v) is 2.83. The van der Waals surface area contributed by atoms with Crippen molar-refractivity contribution in [3.8, 4) is 11.8 Å². The number of amides is 1. The monoisotopic (exact) mass is 304 g/mol. The number of hydrogen-bond acceptors (Lipinski definition) is 4. The van der Waals surface area contributed by atoms with E-state index < -0.39 is 0 Å². The molecule has 7 heteroatoms. The lowest BCUT2D eigenvalue weighted by atomic mass is 10.1. The van der Waals surface area contributed by atoms with E-state index in [-0.39, 0.29) is 18.9 Å². The number of aliphatic hydroxyl groups is 1. The Morgan fingerprint density at radius 2 is 2.33 bits per heavy atom. The second-order valence-electron chi connectivity index (χ2n) is 4.11. The molecule has 0 atom stereocenters. The highest BCUT2D eigenvalue weighted by Gasteiger charge is 2.07. The number of anilines is 1. The third kappa shape index (κ3) is 4.60. The van der Waals surface area contributed by atoms with Gasteiger partial charge in [0, 0.05) is 23.2 Å². The molecule has 0 saturated heterocycles. The molecule has 2 aromatic rings. The number of aryl methyl sites for hydroxylation is 1. The van der Waals surface area contributed by atoms with Gasteiger partial charge >= 0.3 is 0 Å². The van der Waals surface area contributed by atoms with Gasteiger partial charge in [-0.2, -0.15) is 0 Å². The van der Waals surface area contributed by atoms with E-state index in [0.717, 1.165) is 0 Å². The van der Waals surface area contributed by atoms with Crippen LogP contribution in [0.1, 0.15) is 12.0 Å². The van der Waals surface area contributed by atoms with Gasteiger partial charge < -0.3 is 10.4 Å². The van der Waals surface area contributed by atoms with Crippen LogP contribution in [-0.2, 0) is 11.3 Å². The van der Waals surface area contributed by atoms with Crippen molar-refractivity contribution in [2.24, 2.45) is 0 Å². The molecule has 2 rings (SSSR count). The molecular weight excluding hydrogens is 292 g/mol. The van der Waals surface area contributed by atoms with Crippen LogP contribution in [-0.4, -0.2) is 32.6 Å². The van der Waals surface area contributed by atoms with Gasteiger partial charge in [-0.1, -0.05) is 28.7 Å². The molecule has 0 spiro atoms. The Bertz CT molecular complexity index is 674. The van der Waals surface area contributed by atoms with Crippen LogP contribution in [0.25, 0.3) is 0 Å². The van der Waals surface area contributed by atoms with Crippen LogP contribution in [0.4, 0.5) is 5.69 Å². The first-order valence-corrected chi connectivity index (χ1v) is 6.60. The zero-order chi connectivity index (χ0) is 15.1.